The van der Waals surface area contributed by atoms with Crippen LogP contribution in [-0.2, 0) is 4.79 Å². The topological polar surface area (TPSA) is 48.0 Å². The lowest BCUT2D eigenvalue weighted by Crippen LogP contribution is -2.22. The van der Waals surface area contributed by atoms with E-state index in [1.165, 1.54) is 27.8 Å². The zero-order chi connectivity index (χ0) is 22.4. The highest BCUT2D eigenvalue weighted by molar-refractivity contribution is 8.26. The van der Waals surface area contributed by atoms with Crippen LogP contribution in [0.15, 0.2) is 41.3 Å². The number of benzene rings is 2. The van der Waals surface area contributed by atoms with E-state index in [1.807, 2.05) is 43.3 Å². The van der Waals surface area contributed by atoms with Crippen molar-refractivity contribution in [3.8, 4) is 17.2 Å². The molecule has 31 heavy (non-hydrogen) atoms. The van der Waals surface area contributed by atoms with Crippen molar-refractivity contribution in [2.24, 2.45) is 0 Å². The molecule has 1 aliphatic heterocycles. The average Bonchev–Trinajstić information content (AvgIpc) is 2.95. The van der Waals surface area contributed by atoms with E-state index >= 15 is 0 Å². The minimum absolute atomic E-state index is 0.0860. The Kier molecular flexibility index (Phi) is 7.98. The van der Waals surface area contributed by atoms with Crippen LogP contribution in [0, 0.1) is 13.8 Å². The number of amides is 1. The molecule has 5 nitrogen and oxygen atoms in total. The van der Waals surface area contributed by atoms with Gasteiger partial charge in [-0.15, -0.1) is 0 Å². The maximum Gasteiger partial charge on any atom is 0.265 e. The van der Waals surface area contributed by atoms with Crippen LogP contribution in [0.1, 0.15) is 30.0 Å². The summed E-state index contributed by atoms with van der Waals surface area (Å²) in [6.45, 7) is 7.66. The van der Waals surface area contributed by atoms with Gasteiger partial charge in [-0.05, 0) is 67.8 Å². The highest BCUT2D eigenvalue weighted by Crippen LogP contribution is 2.34. The number of thioether (sulfide) groups is 1. The Morgan fingerprint density at radius 2 is 1.71 bits per heavy atom. The molecule has 0 N–H and O–H groups in total. The molecule has 0 aliphatic carbocycles. The van der Waals surface area contributed by atoms with E-state index in [9.17, 15) is 4.79 Å². The zero-order valence-electron chi connectivity index (χ0n) is 18.3. The number of carbonyl (C=O) groups is 1. The Hall–Kier alpha value is -2.51. The van der Waals surface area contributed by atoms with Crippen LogP contribution in [-0.4, -0.2) is 42.0 Å². The number of aryl methyl sites for hydroxylation is 2. The molecule has 164 valence electrons. The van der Waals surface area contributed by atoms with Crippen molar-refractivity contribution in [3.05, 3.63) is 58.0 Å². The van der Waals surface area contributed by atoms with Crippen LogP contribution < -0.4 is 14.2 Å². The van der Waals surface area contributed by atoms with Crippen LogP contribution in [0.3, 0.4) is 0 Å². The van der Waals surface area contributed by atoms with Gasteiger partial charge in [-0.2, -0.15) is 0 Å². The number of hydrogen-bond acceptors (Lipinski definition) is 6. The fourth-order valence-electron chi connectivity index (χ4n) is 3.15. The van der Waals surface area contributed by atoms with E-state index in [0.717, 1.165) is 17.7 Å². The van der Waals surface area contributed by atoms with Crippen molar-refractivity contribution >= 4 is 40.3 Å². The van der Waals surface area contributed by atoms with E-state index in [1.54, 1.807) is 7.05 Å². The molecule has 1 amide bonds. The second-order valence-corrected chi connectivity index (χ2v) is 8.93. The van der Waals surface area contributed by atoms with Gasteiger partial charge in [0.25, 0.3) is 5.91 Å². The number of likely N-dealkylation sites (N-methyl/N-ethyl adjacent to an activating group) is 1. The zero-order valence-corrected chi connectivity index (χ0v) is 19.9. The molecule has 0 bridgehead atoms. The van der Waals surface area contributed by atoms with Crippen molar-refractivity contribution in [2.75, 3.05) is 26.9 Å². The molecule has 0 spiro atoms. The first kappa shape index (κ1) is 23.2. The number of nitrogens with zero attached hydrogens (tertiary/aromatic N) is 1. The molecule has 0 atom stereocenters. The molecule has 0 aromatic heterocycles. The second kappa shape index (κ2) is 10.7. The number of ether oxygens (including phenoxy) is 3. The molecule has 1 fully saturated rings. The molecule has 2 aromatic carbocycles. The van der Waals surface area contributed by atoms with Gasteiger partial charge in [-0.3, -0.25) is 9.69 Å². The molecule has 7 heteroatoms. The van der Waals surface area contributed by atoms with Crippen LogP contribution in [0.25, 0.3) is 6.08 Å². The van der Waals surface area contributed by atoms with Crippen molar-refractivity contribution in [3.63, 3.8) is 0 Å². The van der Waals surface area contributed by atoms with Gasteiger partial charge in [0.2, 0.25) is 0 Å². The third kappa shape index (κ3) is 6.24. The van der Waals surface area contributed by atoms with Crippen LogP contribution in [0.2, 0.25) is 0 Å². The predicted molar refractivity (Wildman–Crippen MR) is 130 cm³/mol. The van der Waals surface area contributed by atoms with E-state index in [4.69, 9.17) is 26.4 Å². The molecule has 3 rings (SSSR count). The summed E-state index contributed by atoms with van der Waals surface area (Å²) in [7, 11) is 1.69. The van der Waals surface area contributed by atoms with Crippen molar-refractivity contribution in [1.82, 2.24) is 4.90 Å². The largest absolute Gasteiger partial charge is 0.493 e. The fourth-order valence-corrected chi connectivity index (χ4v) is 4.33. The minimum atomic E-state index is -0.0860. The van der Waals surface area contributed by atoms with Crippen molar-refractivity contribution in [2.45, 2.75) is 27.2 Å². The second-order valence-electron chi connectivity index (χ2n) is 7.25. The monoisotopic (exact) mass is 457 g/mol. The molecule has 0 unspecified atom stereocenters. The quantitative estimate of drug-likeness (QED) is 0.286. The van der Waals surface area contributed by atoms with E-state index in [2.05, 4.69) is 19.9 Å². The van der Waals surface area contributed by atoms with Gasteiger partial charge < -0.3 is 14.2 Å². The van der Waals surface area contributed by atoms with Crippen molar-refractivity contribution < 1.29 is 19.0 Å². The van der Waals surface area contributed by atoms with Gasteiger partial charge in [-0.1, -0.05) is 36.1 Å². The maximum atomic E-state index is 12.2. The molecule has 0 saturated carbocycles. The Labute approximate surface area is 193 Å². The maximum absolute atomic E-state index is 12.2. The predicted octanol–water partition coefficient (Wildman–Crippen LogP) is 5.38. The van der Waals surface area contributed by atoms with Gasteiger partial charge in [0.05, 0.1) is 24.7 Å². The molecular weight excluding hydrogens is 430 g/mol. The van der Waals surface area contributed by atoms with E-state index in [0.29, 0.717) is 40.5 Å². The molecule has 2 aromatic rings. The minimum Gasteiger partial charge on any atom is -0.493 e. The molecule has 0 radical (unpaired) electrons. The number of carbonyl (C=O) groups excluding carboxylic acids is 1. The lowest BCUT2D eigenvalue weighted by molar-refractivity contribution is -0.121. The number of thiocarbonyl (C=S) groups is 1. The number of rotatable bonds is 9. The summed E-state index contributed by atoms with van der Waals surface area (Å²) in [4.78, 5) is 14.3. The average molecular weight is 458 g/mol. The molecule has 1 saturated heterocycles. The van der Waals surface area contributed by atoms with E-state index in [-0.39, 0.29) is 5.91 Å². The summed E-state index contributed by atoms with van der Waals surface area (Å²) in [5, 5.41) is 0. The standard InChI is InChI=1S/C24H27NO4S2/c1-5-27-21-14-18(15-22-23(26)25(4)24(30)31-22)7-8-20(21)29-10-6-9-28-19-12-16(2)11-17(3)13-19/h7-8,11-15H,5-6,9-10H2,1-4H3. The van der Waals surface area contributed by atoms with Crippen LogP contribution in [0.4, 0.5) is 0 Å². The van der Waals surface area contributed by atoms with Gasteiger partial charge in [0, 0.05) is 13.5 Å². The van der Waals surface area contributed by atoms with Crippen LogP contribution in [0.5, 0.6) is 17.2 Å². The third-order valence-electron chi connectivity index (χ3n) is 4.56. The summed E-state index contributed by atoms with van der Waals surface area (Å²) >= 11 is 6.49. The summed E-state index contributed by atoms with van der Waals surface area (Å²) < 4.78 is 18.1. The molecule has 1 heterocycles. The fraction of sp³-hybridized carbons (Fsp3) is 0.333. The lowest BCUT2D eigenvalue weighted by atomic mass is 10.1. The van der Waals surface area contributed by atoms with E-state index < -0.39 is 0 Å². The Balaban J connectivity index is 1.58. The highest BCUT2D eigenvalue weighted by Gasteiger charge is 2.28. The number of hydrogen-bond donors (Lipinski definition) is 0. The normalized spacial score (nSPS) is 15.0. The Morgan fingerprint density at radius 3 is 2.35 bits per heavy atom. The molecule has 1 aliphatic rings. The third-order valence-corrected chi connectivity index (χ3v) is 6.05. The smallest absolute Gasteiger partial charge is 0.265 e. The summed E-state index contributed by atoms with van der Waals surface area (Å²) in [5.74, 6) is 2.12. The highest BCUT2D eigenvalue weighted by atomic mass is 32.2. The summed E-state index contributed by atoms with van der Waals surface area (Å²) in [5.41, 5.74) is 3.24. The van der Waals surface area contributed by atoms with Crippen molar-refractivity contribution in [1.29, 1.82) is 0 Å². The SMILES string of the molecule is CCOc1cc(C=C2SC(=S)N(C)C2=O)ccc1OCCCOc1cc(C)cc(C)c1. The Morgan fingerprint density at radius 1 is 1.00 bits per heavy atom. The Bertz CT molecular complexity index is 983. The first-order valence-electron chi connectivity index (χ1n) is 10.2. The first-order valence-corrected chi connectivity index (χ1v) is 11.4. The first-order chi connectivity index (χ1) is 14.9. The summed E-state index contributed by atoms with van der Waals surface area (Å²) in [6, 6.07) is 11.9. The van der Waals surface area contributed by atoms with Gasteiger partial charge in [0.1, 0.15) is 10.1 Å². The lowest BCUT2D eigenvalue weighted by Gasteiger charge is -2.13. The molecular formula is C24H27NO4S2. The van der Waals surface area contributed by atoms with Crippen LogP contribution >= 0.6 is 24.0 Å². The van der Waals surface area contributed by atoms with Gasteiger partial charge >= 0.3 is 0 Å². The summed E-state index contributed by atoms with van der Waals surface area (Å²) in [6.07, 6.45) is 2.58. The van der Waals surface area contributed by atoms with Gasteiger partial charge in [0.15, 0.2) is 11.5 Å². The van der Waals surface area contributed by atoms with Gasteiger partial charge in [-0.25, -0.2) is 0 Å².